The van der Waals surface area contributed by atoms with Gasteiger partial charge in [-0.1, -0.05) is 83.3 Å². The van der Waals surface area contributed by atoms with Gasteiger partial charge >= 0.3 is 6.09 Å². The fourth-order valence-electron chi connectivity index (χ4n) is 3.20. The third-order valence-electron chi connectivity index (χ3n) is 4.95. The van der Waals surface area contributed by atoms with Crippen LogP contribution in [0.25, 0.3) is 0 Å². The molecule has 0 aliphatic heterocycles. The summed E-state index contributed by atoms with van der Waals surface area (Å²) in [6, 6.07) is -0.357. The Bertz CT molecular complexity index is 415. The maximum Gasteiger partial charge on any atom is 0.407 e. The molecule has 0 aromatic heterocycles. The predicted molar refractivity (Wildman–Crippen MR) is 120 cm³/mol. The fourth-order valence-corrected chi connectivity index (χ4v) is 3.20. The van der Waals surface area contributed by atoms with Gasteiger partial charge in [0.15, 0.2) is 0 Å². The van der Waals surface area contributed by atoms with Crippen molar-refractivity contribution in [1.29, 1.82) is 0 Å². The van der Waals surface area contributed by atoms with Crippen LogP contribution in [0.2, 0.25) is 0 Å². The van der Waals surface area contributed by atoms with Crippen molar-refractivity contribution >= 4 is 6.09 Å². The first-order chi connectivity index (χ1) is 13.2. The first kappa shape index (κ1) is 27.0. The van der Waals surface area contributed by atoms with Gasteiger partial charge in [-0.2, -0.15) is 0 Å². The molecule has 0 fully saturated rings. The Morgan fingerprint density at radius 2 is 1.43 bits per heavy atom. The lowest BCUT2D eigenvalue weighted by atomic mass is 9.99. The third kappa shape index (κ3) is 17.1. The average Bonchev–Trinajstić information content (AvgIpc) is 2.57. The second-order valence-corrected chi connectivity index (χ2v) is 9.24. The topological polar surface area (TPSA) is 58.6 Å². The molecule has 2 atom stereocenters. The molecule has 0 aromatic carbocycles. The van der Waals surface area contributed by atoms with Crippen LogP contribution < -0.4 is 5.32 Å². The average molecular weight is 398 g/mol. The van der Waals surface area contributed by atoms with E-state index in [1.54, 1.807) is 6.92 Å². The summed E-state index contributed by atoms with van der Waals surface area (Å²) < 4.78 is 5.22. The van der Waals surface area contributed by atoms with Crippen LogP contribution >= 0.6 is 0 Å². The monoisotopic (exact) mass is 397 g/mol. The molecule has 0 unspecified atom stereocenters. The van der Waals surface area contributed by atoms with Crippen LogP contribution in [-0.4, -0.2) is 28.9 Å². The van der Waals surface area contributed by atoms with Gasteiger partial charge in [0.25, 0.3) is 0 Å². The molecule has 0 saturated carbocycles. The van der Waals surface area contributed by atoms with E-state index in [4.69, 9.17) is 4.74 Å². The first-order valence-corrected chi connectivity index (χ1v) is 11.5. The van der Waals surface area contributed by atoms with Gasteiger partial charge in [0.1, 0.15) is 5.60 Å². The van der Waals surface area contributed by atoms with E-state index in [2.05, 4.69) is 18.8 Å². The van der Waals surface area contributed by atoms with Crippen molar-refractivity contribution in [3.63, 3.8) is 0 Å². The number of ether oxygens (including phenoxy) is 1. The highest BCUT2D eigenvalue weighted by Gasteiger charge is 2.21. The standard InChI is InChI=1S/C24H47NO3/c1-7-8-9-10-11-12-13-14-15-16-17-18-20(2)19-22(26)21(3)25-23(27)28-24(4,5)6/h21-22,26H,2,7-19H2,1,3-6H3,(H,25,27)/t21-,22-/m0/s1. The molecular weight excluding hydrogens is 350 g/mol. The quantitative estimate of drug-likeness (QED) is 0.220. The molecule has 2 N–H and O–H groups in total. The molecule has 0 saturated heterocycles. The van der Waals surface area contributed by atoms with Crippen molar-refractivity contribution in [2.75, 3.05) is 0 Å². The molecule has 4 nitrogen and oxygen atoms in total. The molecule has 28 heavy (non-hydrogen) atoms. The Morgan fingerprint density at radius 1 is 0.964 bits per heavy atom. The second kappa shape index (κ2) is 15.8. The second-order valence-electron chi connectivity index (χ2n) is 9.24. The maximum absolute atomic E-state index is 11.8. The zero-order chi connectivity index (χ0) is 21.4. The zero-order valence-electron chi connectivity index (χ0n) is 19.3. The number of aliphatic hydroxyl groups excluding tert-OH is 1. The van der Waals surface area contributed by atoms with E-state index in [0.717, 1.165) is 18.4 Å². The normalized spacial score (nSPS) is 13.8. The highest BCUT2D eigenvalue weighted by Crippen LogP contribution is 2.17. The molecule has 0 bridgehead atoms. The number of nitrogens with one attached hydrogen (secondary N) is 1. The highest BCUT2D eigenvalue weighted by atomic mass is 16.6. The lowest BCUT2D eigenvalue weighted by molar-refractivity contribution is 0.0436. The number of rotatable bonds is 16. The molecule has 0 aliphatic rings. The number of hydrogen-bond acceptors (Lipinski definition) is 3. The number of carbonyl (C=O) groups is 1. The summed E-state index contributed by atoms with van der Waals surface area (Å²) >= 11 is 0. The van der Waals surface area contributed by atoms with Crippen LogP contribution in [0.4, 0.5) is 4.79 Å². The van der Waals surface area contributed by atoms with E-state index < -0.39 is 17.8 Å². The van der Waals surface area contributed by atoms with Crippen LogP contribution in [0.5, 0.6) is 0 Å². The molecule has 166 valence electrons. The van der Waals surface area contributed by atoms with E-state index in [-0.39, 0.29) is 6.04 Å². The molecule has 0 radical (unpaired) electrons. The Balaban J connectivity index is 3.68. The molecule has 0 rings (SSSR count). The Labute approximate surface area is 174 Å². The van der Waals surface area contributed by atoms with E-state index in [9.17, 15) is 9.90 Å². The lowest BCUT2D eigenvalue weighted by Crippen LogP contribution is -2.43. The largest absolute Gasteiger partial charge is 0.444 e. The SMILES string of the molecule is C=C(CCCCCCCCCCCCC)C[C@H](O)[C@H](C)NC(=O)OC(C)(C)C. The van der Waals surface area contributed by atoms with E-state index in [1.807, 2.05) is 20.8 Å². The maximum atomic E-state index is 11.8. The van der Waals surface area contributed by atoms with E-state index >= 15 is 0 Å². The van der Waals surface area contributed by atoms with Gasteiger partial charge in [0.05, 0.1) is 12.1 Å². The Kier molecular flexibility index (Phi) is 15.3. The van der Waals surface area contributed by atoms with Crippen molar-refractivity contribution in [2.24, 2.45) is 0 Å². The van der Waals surface area contributed by atoms with Gasteiger partial charge in [-0.05, 0) is 47.0 Å². The predicted octanol–water partition coefficient (Wildman–Crippen LogP) is 6.91. The number of aliphatic hydroxyl groups is 1. The summed E-state index contributed by atoms with van der Waals surface area (Å²) in [4.78, 5) is 11.8. The number of carbonyl (C=O) groups excluding carboxylic acids is 1. The number of unbranched alkanes of at least 4 members (excludes halogenated alkanes) is 10. The summed E-state index contributed by atoms with van der Waals surface area (Å²) in [6.07, 6.45) is 15.0. The van der Waals surface area contributed by atoms with E-state index in [1.165, 1.54) is 64.2 Å². The molecule has 0 aliphatic carbocycles. The van der Waals surface area contributed by atoms with Crippen molar-refractivity contribution in [1.82, 2.24) is 5.32 Å². The minimum absolute atomic E-state index is 0.357. The van der Waals surface area contributed by atoms with Crippen LogP contribution in [0.3, 0.4) is 0 Å². The van der Waals surface area contributed by atoms with Crippen molar-refractivity contribution in [2.45, 2.75) is 136 Å². The Morgan fingerprint density at radius 3 is 1.89 bits per heavy atom. The zero-order valence-corrected chi connectivity index (χ0v) is 19.3. The Hall–Kier alpha value is -1.03. The first-order valence-electron chi connectivity index (χ1n) is 11.5. The van der Waals surface area contributed by atoms with Crippen molar-refractivity contribution in [3.05, 3.63) is 12.2 Å². The van der Waals surface area contributed by atoms with Gasteiger partial charge in [-0.15, -0.1) is 0 Å². The summed E-state index contributed by atoms with van der Waals surface area (Å²) in [5.41, 5.74) is 0.522. The summed E-state index contributed by atoms with van der Waals surface area (Å²) in [6.45, 7) is 13.6. The molecule has 0 heterocycles. The number of hydrogen-bond donors (Lipinski definition) is 2. The van der Waals surface area contributed by atoms with Crippen LogP contribution in [-0.2, 0) is 4.74 Å². The smallest absolute Gasteiger partial charge is 0.407 e. The van der Waals surface area contributed by atoms with E-state index in [0.29, 0.717) is 6.42 Å². The van der Waals surface area contributed by atoms with Crippen LogP contribution in [0.15, 0.2) is 12.2 Å². The highest BCUT2D eigenvalue weighted by molar-refractivity contribution is 5.68. The van der Waals surface area contributed by atoms with Crippen LogP contribution in [0.1, 0.15) is 118 Å². The molecule has 1 amide bonds. The van der Waals surface area contributed by atoms with Gasteiger partial charge in [0.2, 0.25) is 0 Å². The minimum Gasteiger partial charge on any atom is -0.444 e. The molecule has 4 heteroatoms. The summed E-state index contributed by atoms with van der Waals surface area (Å²) in [5, 5.41) is 13.0. The van der Waals surface area contributed by atoms with Gasteiger partial charge in [0, 0.05) is 0 Å². The van der Waals surface area contributed by atoms with Crippen molar-refractivity contribution < 1.29 is 14.6 Å². The summed E-state index contributed by atoms with van der Waals surface area (Å²) in [7, 11) is 0. The van der Waals surface area contributed by atoms with Crippen LogP contribution in [0, 0.1) is 0 Å². The van der Waals surface area contributed by atoms with Gasteiger partial charge in [-0.25, -0.2) is 4.79 Å². The van der Waals surface area contributed by atoms with Gasteiger partial charge < -0.3 is 15.2 Å². The lowest BCUT2D eigenvalue weighted by Gasteiger charge is -2.24. The van der Waals surface area contributed by atoms with Crippen molar-refractivity contribution in [3.8, 4) is 0 Å². The molecule has 0 aromatic rings. The molecule has 0 spiro atoms. The summed E-state index contributed by atoms with van der Waals surface area (Å²) in [5.74, 6) is 0. The minimum atomic E-state index is -0.632. The number of amides is 1. The third-order valence-corrected chi connectivity index (χ3v) is 4.95. The van der Waals surface area contributed by atoms with Gasteiger partial charge in [-0.3, -0.25) is 0 Å². The number of alkyl carbamates (subject to hydrolysis) is 1. The fraction of sp³-hybridized carbons (Fsp3) is 0.875. The molecular formula is C24H47NO3.